The van der Waals surface area contributed by atoms with Crippen LogP contribution in [-0.4, -0.2) is 49.7 Å². The van der Waals surface area contributed by atoms with Gasteiger partial charge < -0.3 is 19.7 Å². The molecule has 1 aliphatic heterocycles. The van der Waals surface area contributed by atoms with Gasteiger partial charge in [0, 0.05) is 29.2 Å². The van der Waals surface area contributed by atoms with Crippen LogP contribution in [0, 0.1) is 0 Å². The summed E-state index contributed by atoms with van der Waals surface area (Å²) in [4.78, 5) is 26.6. The van der Waals surface area contributed by atoms with Gasteiger partial charge in [-0.25, -0.2) is 4.79 Å². The zero-order valence-corrected chi connectivity index (χ0v) is 16.3. The average Bonchev–Trinajstić information content (AvgIpc) is 2.98. The first-order valence-corrected chi connectivity index (χ1v) is 9.71. The highest BCUT2D eigenvalue weighted by atomic mass is 35.5. The van der Waals surface area contributed by atoms with Gasteiger partial charge in [-0.1, -0.05) is 11.6 Å². The van der Waals surface area contributed by atoms with Crippen molar-refractivity contribution in [3.63, 3.8) is 0 Å². The summed E-state index contributed by atoms with van der Waals surface area (Å²) in [6.45, 7) is 3.29. The molecule has 1 aliphatic rings. The summed E-state index contributed by atoms with van der Waals surface area (Å²) in [5, 5.41) is 4.30. The van der Waals surface area contributed by atoms with Crippen LogP contribution in [0.4, 0.5) is 4.79 Å². The highest BCUT2D eigenvalue weighted by Gasteiger charge is 2.26. The standard InChI is InChI=1S/C18H21ClN2O4S/c1-3-25-18(23)21-8-6-11(7-9-21)20-17(22)16-15(19)13-10-12(24-2)4-5-14(13)26-16/h4-5,10-11H,3,6-9H2,1-2H3,(H,20,22). The molecule has 8 heteroatoms. The minimum absolute atomic E-state index is 0.0176. The van der Waals surface area contributed by atoms with Crippen LogP contribution in [0.15, 0.2) is 18.2 Å². The molecule has 0 unspecified atom stereocenters. The normalized spacial score (nSPS) is 15.1. The largest absolute Gasteiger partial charge is 0.497 e. The van der Waals surface area contributed by atoms with E-state index in [1.54, 1.807) is 18.9 Å². The molecular weight excluding hydrogens is 376 g/mol. The Morgan fingerprint density at radius 1 is 1.35 bits per heavy atom. The van der Waals surface area contributed by atoms with E-state index in [0.29, 0.717) is 48.2 Å². The smallest absolute Gasteiger partial charge is 0.409 e. The Bertz CT molecular complexity index is 815. The van der Waals surface area contributed by atoms with Crippen molar-refractivity contribution >= 4 is 45.0 Å². The number of nitrogens with zero attached hydrogens (tertiary/aromatic N) is 1. The van der Waals surface area contributed by atoms with E-state index in [1.165, 1.54) is 11.3 Å². The van der Waals surface area contributed by atoms with Crippen LogP contribution in [-0.2, 0) is 4.74 Å². The topological polar surface area (TPSA) is 67.9 Å². The molecule has 1 aromatic heterocycles. The number of benzene rings is 1. The highest BCUT2D eigenvalue weighted by molar-refractivity contribution is 7.21. The summed E-state index contributed by atoms with van der Waals surface area (Å²) in [5.41, 5.74) is 0. The lowest BCUT2D eigenvalue weighted by Gasteiger charge is -2.31. The van der Waals surface area contributed by atoms with Crippen molar-refractivity contribution < 1.29 is 19.1 Å². The number of likely N-dealkylation sites (tertiary alicyclic amines) is 1. The molecule has 0 aliphatic carbocycles. The quantitative estimate of drug-likeness (QED) is 0.850. The molecule has 6 nitrogen and oxygen atoms in total. The maximum Gasteiger partial charge on any atom is 0.409 e. The zero-order chi connectivity index (χ0) is 18.7. The summed E-state index contributed by atoms with van der Waals surface area (Å²) in [5.74, 6) is 0.528. The van der Waals surface area contributed by atoms with Crippen molar-refractivity contribution in [1.29, 1.82) is 0 Å². The molecule has 0 radical (unpaired) electrons. The first-order valence-electron chi connectivity index (χ1n) is 8.52. The molecular formula is C18H21ClN2O4S. The SMILES string of the molecule is CCOC(=O)N1CCC(NC(=O)c2sc3ccc(OC)cc3c2Cl)CC1. The van der Waals surface area contributed by atoms with Gasteiger partial charge in [-0.05, 0) is 38.0 Å². The number of rotatable bonds is 4. The van der Waals surface area contributed by atoms with Gasteiger partial charge in [0.15, 0.2) is 0 Å². The number of ether oxygens (including phenoxy) is 2. The van der Waals surface area contributed by atoms with Gasteiger partial charge in [-0.15, -0.1) is 11.3 Å². The number of carbonyl (C=O) groups is 2. The number of nitrogens with one attached hydrogen (secondary N) is 1. The Morgan fingerprint density at radius 2 is 2.08 bits per heavy atom. The monoisotopic (exact) mass is 396 g/mol. The maximum absolute atomic E-state index is 12.7. The summed E-state index contributed by atoms with van der Waals surface area (Å²) in [6.07, 6.45) is 1.10. The molecule has 2 heterocycles. The van der Waals surface area contributed by atoms with Crippen molar-refractivity contribution in [3.8, 4) is 5.75 Å². The van der Waals surface area contributed by atoms with Crippen LogP contribution in [0.2, 0.25) is 5.02 Å². The van der Waals surface area contributed by atoms with Crippen LogP contribution in [0.25, 0.3) is 10.1 Å². The van der Waals surface area contributed by atoms with Crippen molar-refractivity contribution in [2.24, 2.45) is 0 Å². The highest BCUT2D eigenvalue weighted by Crippen LogP contribution is 2.37. The van der Waals surface area contributed by atoms with E-state index in [9.17, 15) is 9.59 Å². The van der Waals surface area contributed by atoms with E-state index in [-0.39, 0.29) is 18.0 Å². The minimum Gasteiger partial charge on any atom is -0.497 e. The Kier molecular flexibility index (Phi) is 5.88. The molecule has 2 aromatic rings. The molecule has 0 saturated carbocycles. The zero-order valence-electron chi connectivity index (χ0n) is 14.7. The Labute approximate surface area is 161 Å². The van der Waals surface area contributed by atoms with Crippen LogP contribution < -0.4 is 10.1 Å². The number of hydrogen-bond acceptors (Lipinski definition) is 5. The molecule has 1 saturated heterocycles. The van der Waals surface area contributed by atoms with Crippen LogP contribution in [0.1, 0.15) is 29.4 Å². The number of fused-ring (bicyclic) bond motifs is 1. The van der Waals surface area contributed by atoms with Crippen molar-refractivity contribution in [1.82, 2.24) is 10.2 Å². The van der Waals surface area contributed by atoms with Crippen molar-refractivity contribution in [3.05, 3.63) is 28.1 Å². The predicted molar refractivity (Wildman–Crippen MR) is 102 cm³/mol. The van der Waals surface area contributed by atoms with Crippen LogP contribution >= 0.6 is 22.9 Å². The van der Waals surface area contributed by atoms with Gasteiger partial charge in [0.05, 0.1) is 18.7 Å². The summed E-state index contributed by atoms with van der Waals surface area (Å²) < 4.78 is 11.2. The van der Waals surface area contributed by atoms with Crippen LogP contribution in [0.3, 0.4) is 0 Å². The molecule has 1 fully saturated rings. The van der Waals surface area contributed by atoms with E-state index < -0.39 is 0 Å². The second-order valence-corrected chi connectivity index (χ2v) is 7.47. The first kappa shape index (κ1) is 18.8. The number of amides is 2. The second-order valence-electron chi connectivity index (χ2n) is 6.04. The van der Waals surface area contributed by atoms with Gasteiger partial charge in [-0.2, -0.15) is 0 Å². The Balaban J connectivity index is 1.65. The molecule has 0 spiro atoms. The van der Waals surface area contributed by atoms with Crippen LogP contribution in [0.5, 0.6) is 5.75 Å². The lowest BCUT2D eigenvalue weighted by Crippen LogP contribution is -2.46. The maximum atomic E-state index is 12.7. The molecule has 1 N–H and O–H groups in total. The van der Waals surface area contributed by atoms with Crippen molar-refractivity contribution in [2.75, 3.05) is 26.8 Å². The second kappa shape index (κ2) is 8.14. The summed E-state index contributed by atoms with van der Waals surface area (Å²) in [6, 6.07) is 5.60. The molecule has 0 bridgehead atoms. The number of methoxy groups -OCH3 is 1. The third-order valence-electron chi connectivity index (χ3n) is 4.40. The number of piperidine rings is 1. The summed E-state index contributed by atoms with van der Waals surface area (Å²) >= 11 is 7.79. The van der Waals surface area contributed by atoms with Gasteiger partial charge >= 0.3 is 6.09 Å². The van der Waals surface area contributed by atoms with E-state index in [0.717, 1.165) is 10.1 Å². The number of hydrogen-bond donors (Lipinski definition) is 1. The average molecular weight is 397 g/mol. The fraction of sp³-hybridized carbons (Fsp3) is 0.444. The predicted octanol–water partition coefficient (Wildman–Crippen LogP) is 3.91. The molecule has 3 rings (SSSR count). The van der Waals surface area contributed by atoms with E-state index in [1.807, 2.05) is 18.2 Å². The minimum atomic E-state index is -0.293. The van der Waals surface area contributed by atoms with Gasteiger partial charge in [-0.3, -0.25) is 4.79 Å². The first-order chi connectivity index (χ1) is 12.5. The number of thiophene rings is 1. The van der Waals surface area contributed by atoms with E-state index in [2.05, 4.69) is 5.32 Å². The van der Waals surface area contributed by atoms with E-state index >= 15 is 0 Å². The lowest BCUT2D eigenvalue weighted by atomic mass is 10.1. The van der Waals surface area contributed by atoms with Gasteiger partial charge in [0.2, 0.25) is 0 Å². The van der Waals surface area contributed by atoms with Crippen molar-refractivity contribution in [2.45, 2.75) is 25.8 Å². The molecule has 26 heavy (non-hydrogen) atoms. The van der Waals surface area contributed by atoms with Gasteiger partial charge in [0.25, 0.3) is 5.91 Å². The fourth-order valence-corrected chi connectivity index (χ4v) is 4.38. The fourth-order valence-electron chi connectivity index (χ4n) is 2.99. The molecule has 1 aromatic carbocycles. The third-order valence-corrected chi connectivity index (χ3v) is 6.07. The van der Waals surface area contributed by atoms with E-state index in [4.69, 9.17) is 21.1 Å². The Morgan fingerprint density at radius 3 is 2.73 bits per heavy atom. The number of carbonyl (C=O) groups excluding carboxylic acids is 2. The lowest BCUT2D eigenvalue weighted by molar-refractivity contribution is 0.0863. The third kappa shape index (κ3) is 3.88. The molecule has 140 valence electrons. The Hall–Kier alpha value is -1.99. The molecule has 2 amide bonds. The number of halogens is 1. The molecule has 0 atom stereocenters. The summed E-state index contributed by atoms with van der Waals surface area (Å²) in [7, 11) is 1.59. The van der Waals surface area contributed by atoms with Gasteiger partial charge in [0.1, 0.15) is 10.6 Å².